The Morgan fingerprint density at radius 2 is 2.00 bits per heavy atom. The number of aliphatic hydroxyl groups is 1. The summed E-state index contributed by atoms with van der Waals surface area (Å²) in [7, 11) is 0. The molecule has 1 N–H and O–H groups in total. The molecule has 3 rings (SSSR count). The van der Waals surface area contributed by atoms with Crippen LogP contribution < -0.4 is 0 Å². The number of hydrogen-bond donors (Lipinski definition) is 1. The molecule has 126 valence electrons. The van der Waals surface area contributed by atoms with Crippen molar-refractivity contribution in [1.82, 2.24) is 14.7 Å². The molecular weight excluding hydrogens is 312 g/mol. The Hall–Kier alpha value is -2.74. The third kappa shape index (κ3) is 3.13. The molecule has 1 saturated heterocycles. The topological polar surface area (TPSA) is 102 Å². The van der Waals surface area contributed by atoms with Crippen molar-refractivity contribution in [3.63, 3.8) is 0 Å². The molecule has 1 aliphatic heterocycles. The van der Waals surface area contributed by atoms with Gasteiger partial charge in [0.05, 0.1) is 4.92 Å². The largest absolute Gasteiger partial charge is 0.396 e. The quantitative estimate of drug-likeness (QED) is 0.678. The number of nitro groups is 1. The number of rotatable bonds is 4. The smallest absolute Gasteiger partial charge is 0.294 e. The van der Waals surface area contributed by atoms with Crippen LogP contribution in [0.5, 0.6) is 0 Å². The van der Waals surface area contributed by atoms with Crippen LogP contribution in [0.15, 0.2) is 36.5 Å². The lowest BCUT2D eigenvalue weighted by molar-refractivity contribution is -0.384. The Bertz CT molecular complexity index is 750. The van der Waals surface area contributed by atoms with Crippen LogP contribution in [0, 0.1) is 16.0 Å². The fourth-order valence-electron chi connectivity index (χ4n) is 2.87. The molecule has 2 aromatic rings. The van der Waals surface area contributed by atoms with Crippen LogP contribution in [-0.2, 0) is 0 Å². The van der Waals surface area contributed by atoms with Gasteiger partial charge in [0.1, 0.15) is 5.69 Å². The van der Waals surface area contributed by atoms with Crippen molar-refractivity contribution in [2.24, 2.45) is 5.92 Å². The monoisotopic (exact) mass is 330 g/mol. The third-order valence-corrected chi connectivity index (χ3v) is 4.29. The normalized spacial score (nSPS) is 15.5. The van der Waals surface area contributed by atoms with E-state index in [0.717, 1.165) is 12.8 Å². The van der Waals surface area contributed by atoms with Crippen LogP contribution in [-0.4, -0.2) is 50.3 Å². The number of benzene rings is 1. The molecule has 0 atom stereocenters. The van der Waals surface area contributed by atoms with Crippen molar-refractivity contribution >= 4 is 11.6 Å². The first kappa shape index (κ1) is 16.1. The van der Waals surface area contributed by atoms with Gasteiger partial charge in [-0.2, -0.15) is 5.10 Å². The summed E-state index contributed by atoms with van der Waals surface area (Å²) in [4.78, 5) is 24.9. The minimum atomic E-state index is -0.474. The van der Waals surface area contributed by atoms with Gasteiger partial charge >= 0.3 is 0 Å². The number of amides is 1. The van der Waals surface area contributed by atoms with Gasteiger partial charge in [0.25, 0.3) is 11.6 Å². The number of aromatic nitrogens is 2. The lowest BCUT2D eigenvalue weighted by atomic mass is 9.98. The maximum absolute atomic E-state index is 12.5. The summed E-state index contributed by atoms with van der Waals surface area (Å²) in [6.45, 7) is 1.32. The highest BCUT2D eigenvalue weighted by Gasteiger charge is 2.25. The number of hydrogen-bond acceptors (Lipinski definition) is 5. The first-order chi connectivity index (χ1) is 11.6. The third-order valence-electron chi connectivity index (χ3n) is 4.29. The molecule has 2 heterocycles. The number of para-hydroxylation sites is 2. The summed E-state index contributed by atoms with van der Waals surface area (Å²) in [6, 6.07) is 7.83. The zero-order valence-corrected chi connectivity index (χ0v) is 13.0. The van der Waals surface area contributed by atoms with Crippen LogP contribution in [0.25, 0.3) is 5.69 Å². The predicted molar refractivity (Wildman–Crippen MR) is 85.9 cm³/mol. The number of carbonyl (C=O) groups is 1. The second kappa shape index (κ2) is 6.79. The van der Waals surface area contributed by atoms with Gasteiger partial charge < -0.3 is 10.0 Å². The molecule has 1 amide bonds. The highest BCUT2D eigenvalue weighted by Crippen LogP contribution is 2.22. The second-order valence-corrected chi connectivity index (χ2v) is 5.81. The predicted octanol–water partition coefficient (Wildman–Crippen LogP) is 1.62. The van der Waals surface area contributed by atoms with Crippen LogP contribution in [0.3, 0.4) is 0 Å². The van der Waals surface area contributed by atoms with Crippen LogP contribution in [0.4, 0.5) is 5.69 Å². The molecule has 0 bridgehead atoms. The van der Waals surface area contributed by atoms with Crippen LogP contribution >= 0.6 is 0 Å². The summed E-state index contributed by atoms with van der Waals surface area (Å²) < 4.78 is 1.35. The van der Waals surface area contributed by atoms with Crippen molar-refractivity contribution in [3.8, 4) is 5.69 Å². The standard InChI is InChI=1S/C16H18N4O4/c21-11-12-5-8-18(9-6-12)16(22)13-7-10-19(17-13)14-3-1-2-4-15(14)20(23)24/h1-4,7,10,12,21H,5-6,8-9,11H2. The Morgan fingerprint density at radius 3 is 2.67 bits per heavy atom. The van der Waals surface area contributed by atoms with E-state index < -0.39 is 4.92 Å². The fraction of sp³-hybridized carbons (Fsp3) is 0.375. The van der Waals surface area contributed by atoms with Gasteiger partial charge in [-0.15, -0.1) is 0 Å². The van der Waals surface area contributed by atoms with Gasteiger partial charge in [-0.05, 0) is 30.9 Å². The van der Waals surface area contributed by atoms with Gasteiger partial charge in [0.15, 0.2) is 5.69 Å². The van der Waals surface area contributed by atoms with E-state index in [2.05, 4.69) is 5.10 Å². The van der Waals surface area contributed by atoms with E-state index >= 15 is 0 Å². The number of nitrogens with zero attached hydrogens (tertiary/aromatic N) is 4. The minimum absolute atomic E-state index is 0.0663. The maximum atomic E-state index is 12.5. The van der Waals surface area contributed by atoms with Crippen LogP contribution in [0.1, 0.15) is 23.3 Å². The zero-order valence-electron chi connectivity index (χ0n) is 13.0. The summed E-state index contributed by atoms with van der Waals surface area (Å²) >= 11 is 0. The number of nitro benzene ring substituents is 1. The molecule has 0 unspecified atom stereocenters. The minimum Gasteiger partial charge on any atom is -0.396 e. The van der Waals surface area contributed by atoms with E-state index in [1.54, 1.807) is 35.4 Å². The molecule has 1 aromatic heterocycles. The average molecular weight is 330 g/mol. The van der Waals surface area contributed by atoms with E-state index in [9.17, 15) is 14.9 Å². The molecular formula is C16H18N4O4. The van der Waals surface area contributed by atoms with E-state index in [0.29, 0.717) is 18.8 Å². The van der Waals surface area contributed by atoms with Gasteiger partial charge in [-0.3, -0.25) is 14.9 Å². The van der Waals surface area contributed by atoms with Crippen molar-refractivity contribution in [2.45, 2.75) is 12.8 Å². The van der Waals surface area contributed by atoms with Crippen molar-refractivity contribution in [3.05, 3.63) is 52.3 Å². The molecule has 24 heavy (non-hydrogen) atoms. The fourth-order valence-corrected chi connectivity index (χ4v) is 2.87. The zero-order chi connectivity index (χ0) is 17.1. The molecule has 1 aromatic carbocycles. The molecule has 1 aliphatic rings. The van der Waals surface area contributed by atoms with Gasteiger partial charge in [-0.25, -0.2) is 4.68 Å². The molecule has 0 spiro atoms. The first-order valence-corrected chi connectivity index (χ1v) is 7.79. The molecule has 1 fully saturated rings. The van der Waals surface area contributed by atoms with E-state index in [-0.39, 0.29) is 29.8 Å². The highest BCUT2D eigenvalue weighted by atomic mass is 16.6. The first-order valence-electron chi connectivity index (χ1n) is 7.79. The Labute approximate surface area is 138 Å². The Kier molecular flexibility index (Phi) is 4.57. The Morgan fingerprint density at radius 1 is 1.29 bits per heavy atom. The molecule has 0 saturated carbocycles. The average Bonchev–Trinajstić information content (AvgIpc) is 3.11. The number of piperidine rings is 1. The summed E-state index contributed by atoms with van der Waals surface area (Å²) in [5, 5.41) is 24.5. The van der Waals surface area contributed by atoms with E-state index in [1.807, 2.05) is 0 Å². The maximum Gasteiger partial charge on any atom is 0.294 e. The molecule has 0 radical (unpaired) electrons. The summed E-state index contributed by atoms with van der Waals surface area (Å²) in [5.41, 5.74) is 0.513. The SMILES string of the molecule is O=C(c1ccn(-c2ccccc2[N+](=O)[O-])n1)N1CCC(CO)CC1. The number of aliphatic hydroxyl groups excluding tert-OH is 1. The second-order valence-electron chi connectivity index (χ2n) is 5.81. The van der Waals surface area contributed by atoms with Gasteiger partial charge in [0.2, 0.25) is 0 Å². The number of likely N-dealkylation sites (tertiary alicyclic amines) is 1. The Balaban J connectivity index is 1.79. The lowest BCUT2D eigenvalue weighted by Crippen LogP contribution is -2.39. The molecule has 0 aliphatic carbocycles. The van der Waals surface area contributed by atoms with Crippen LogP contribution in [0.2, 0.25) is 0 Å². The van der Waals surface area contributed by atoms with Crippen molar-refractivity contribution in [2.75, 3.05) is 19.7 Å². The number of carbonyl (C=O) groups excluding carboxylic acids is 1. The summed E-state index contributed by atoms with van der Waals surface area (Å²) in [5.74, 6) is 0.0577. The van der Waals surface area contributed by atoms with Crippen molar-refractivity contribution < 1.29 is 14.8 Å². The highest BCUT2D eigenvalue weighted by molar-refractivity contribution is 5.92. The van der Waals surface area contributed by atoms with Gasteiger partial charge in [-0.1, -0.05) is 12.1 Å². The van der Waals surface area contributed by atoms with E-state index in [4.69, 9.17) is 5.11 Å². The van der Waals surface area contributed by atoms with Gasteiger partial charge in [0, 0.05) is 32.0 Å². The summed E-state index contributed by atoms with van der Waals surface area (Å²) in [6.07, 6.45) is 3.09. The molecule has 8 nitrogen and oxygen atoms in total. The van der Waals surface area contributed by atoms with E-state index in [1.165, 1.54) is 10.7 Å². The van der Waals surface area contributed by atoms with Crippen molar-refractivity contribution in [1.29, 1.82) is 0 Å². The molecule has 8 heteroatoms. The lowest BCUT2D eigenvalue weighted by Gasteiger charge is -2.30.